The SMILES string of the molecule is COC(=O)N1CCC(Sc2ccccc2)C2(CCSc3ccccc3)CCC=C12. The van der Waals surface area contributed by atoms with Gasteiger partial charge in [-0.2, -0.15) is 0 Å². The van der Waals surface area contributed by atoms with Crippen LogP contribution in [-0.4, -0.2) is 35.7 Å². The first-order valence-electron chi connectivity index (χ1n) is 10.2. The smallest absolute Gasteiger partial charge is 0.413 e. The molecule has 1 amide bonds. The zero-order valence-electron chi connectivity index (χ0n) is 16.8. The third-order valence-corrected chi connectivity index (χ3v) is 8.47. The number of fused-ring (bicyclic) bond motifs is 1. The van der Waals surface area contributed by atoms with Crippen LogP contribution in [-0.2, 0) is 4.74 Å². The molecule has 5 heteroatoms. The summed E-state index contributed by atoms with van der Waals surface area (Å²) < 4.78 is 5.10. The van der Waals surface area contributed by atoms with Crippen molar-refractivity contribution in [2.24, 2.45) is 5.41 Å². The van der Waals surface area contributed by atoms with Crippen LogP contribution < -0.4 is 0 Å². The van der Waals surface area contributed by atoms with Gasteiger partial charge >= 0.3 is 6.09 Å². The van der Waals surface area contributed by atoms with Gasteiger partial charge in [-0.1, -0.05) is 42.5 Å². The Labute approximate surface area is 181 Å². The van der Waals surface area contributed by atoms with E-state index in [0.717, 1.165) is 38.0 Å². The number of carbonyl (C=O) groups is 1. The van der Waals surface area contributed by atoms with E-state index in [0.29, 0.717) is 5.25 Å². The van der Waals surface area contributed by atoms with E-state index in [1.165, 1.54) is 22.6 Å². The van der Waals surface area contributed by atoms with Crippen LogP contribution in [0.15, 0.2) is 82.2 Å². The average Bonchev–Trinajstić information content (AvgIpc) is 3.20. The molecule has 2 aromatic rings. The van der Waals surface area contributed by atoms with Crippen LogP contribution in [0.2, 0.25) is 0 Å². The lowest BCUT2D eigenvalue weighted by molar-refractivity contribution is 0.106. The fourth-order valence-electron chi connectivity index (χ4n) is 4.56. The standard InChI is InChI=1S/C24H27NO2S2/c1-27-23(26)25-17-14-22(29-20-11-6-3-7-12-20)24(15-8-13-21(24)25)16-18-28-19-9-4-2-5-10-19/h2-7,9-13,22H,8,14-18H2,1H3. The Morgan fingerprint density at radius 3 is 2.48 bits per heavy atom. The minimum absolute atomic E-state index is 0.0225. The van der Waals surface area contributed by atoms with Crippen molar-refractivity contribution < 1.29 is 9.53 Å². The number of methoxy groups -OCH3 is 1. The lowest BCUT2D eigenvalue weighted by atomic mass is 9.74. The van der Waals surface area contributed by atoms with Crippen LogP contribution in [0, 0.1) is 5.41 Å². The van der Waals surface area contributed by atoms with Gasteiger partial charge in [-0.15, -0.1) is 23.5 Å². The molecule has 0 N–H and O–H groups in total. The van der Waals surface area contributed by atoms with E-state index < -0.39 is 0 Å². The summed E-state index contributed by atoms with van der Waals surface area (Å²) in [5, 5.41) is 0.468. The highest BCUT2D eigenvalue weighted by atomic mass is 32.2. The molecule has 3 nitrogen and oxygen atoms in total. The Morgan fingerprint density at radius 2 is 1.79 bits per heavy atom. The second kappa shape index (κ2) is 9.31. The van der Waals surface area contributed by atoms with Gasteiger partial charge in [0.15, 0.2) is 0 Å². The molecule has 4 rings (SSSR count). The number of nitrogens with zero attached hydrogens (tertiary/aromatic N) is 1. The number of rotatable bonds is 6. The quantitative estimate of drug-likeness (QED) is 0.496. The molecule has 1 aliphatic carbocycles. The molecule has 2 atom stereocenters. The van der Waals surface area contributed by atoms with E-state index >= 15 is 0 Å². The van der Waals surface area contributed by atoms with Gasteiger partial charge in [0.1, 0.15) is 0 Å². The number of allylic oxidation sites excluding steroid dienone is 2. The number of ether oxygens (including phenoxy) is 1. The highest BCUT2D eigenvalue weighted by Crippen LogP contribution is 2.56. The molecule has 0 spiro atoms. The summed E-state index contributed by atoms with van der Waals surface area (Å²) in [6.45, 7) is 0.733. The minimum atomic E-state index is -0.221. The Hall–Kier alpha value is -1.85. The lowest BCUT2D eigenvalue weighted by Crippen LogP contribution is -2.49. The fourth-order valence-corrected chi connectivity index (χ4v) is 7.06. The number of thioether (sulfide) groups is 2. The first-order valence-corrected chi connectivity index (χ1v) is 12.1. The first-order chi connectivity index (χ1) is 14.2. The van der Waals surface area contributed by atoms with Gasteiger partial charge in [-0.25, -0.2) is 4.79 Å². The Bertz CT molecular complexity index is 856. The fraction of sp³-hybridized carbons (Fsp3) is 0.375. The van der Waals surface area contributed by atoms with Crippen LogP contribution in [0.3, 0.4) is 0 Å². The normalized spacial score (nSPS) is 23.4. The molecular weight excluding hydrogens is 398 g/mol. The summed E-state index contributed by atoms with van der Waals surface area (Å²) in [4.78, 5) is 17.0. The number of hydrogen-bond acceptors (Lipinski definition) is 4. The average molecular weight is 426 g/mol. The largest absolute Gasteiger partial charge is 0.452 e. The van der Waals surface area contributed by atoms with E-state index in [2.05, 4.69) is 66.7 Å². The molecule has 1 heterocycles. The summed E-state index contributed by atoms with van der Waals surface area (Å²) in [5.41, 5.74) is 1.21. The Kier molecular flexibility index (Phi) is 6.56. The molecule has 2 aliphatic rings. The van der Waals surface area contributed by atoms with Crippen molar-refractivity contribution in [2.75, 3.05) is 19.4 Å². The highest BCUT2D eigenvalue weighted by Gasteiger charge is 2.50. The van der Waals surface area contributed by atoms with Crippen LogP contribution in [0.5, 0.6) is 0 Å². The van der Waals surface area contributed by atoms with Gasteiger partial charge < -0.3 is 4.74 Å². The zero-order chi connectivity index (χ0) is 20.1. The lowest BCUT2D eigenvalue weighted by Gasteiger charge is -2.47. The van der Waals surface area contributed by atoms with Gasteiger partial charge in [0, 0.05) is 32.7 Å². The molecular formula is C24H27NO2S2. The van der Waals surface area contributed by atoms with Crippen molar-refractivity contribution in [3.8, 4) is 0 Å². The van der Waals surface area contributed by atoms with Crippen LogP contribution in [0.25, 0.3) is 0 Å². The minimum Gasteiger partial charge on any atom is -0.452 e. The van der Waals surface area contributed by atoms with Crippen molar-refractivity contribution in [3.05, 3.63) is 72.4 Å². The zero-order valence-corrected chi connectivity index (χ0v) is 18.4. The van der Waals surface area contributed by atoms with Crippen molar-refractivity contribution in [2.45, 2.75) is 40.7 Å². The molecule has 1 saturated heterocycles. The maximum Gasteiger partial charge on any atom is 0.413 e. The summed E-state index contributed by atoms with van der Waals surface area (Å²) >= 11 is 3.89. The molecule has 0 aromatic heterocycles. The number of hydrogen-bond donors (Lipinski definition) is 0. The van der Waals surface area contributed by atoms with Gasteiger partial charge in [-0.3, -0.25) is 4.90 Å². The third kappa shape index (κ3) is 4.36. The Balaban J connectivity index is 1.57. The van der Waals surface area contributed by atoms with Crippen molar-refractivity contribution in [3.63, 3.8) is 0 Å². The maximum absolute atomic E-state index is 12.5. The molecule has 29 heavy (non-hydrogen) atoms. The van der Waals surface area contributed by atoms with E-state index in [1.54, 1.807) is 0 Å². The topological polar surface area (TPSA) is 29.5 Å². The monoisotopic (exact) mass is 425 g/mol. The van der Waals surface area contributed by atoms with Gasteiger partial charge in [-0.05, 0) is 55.7 Å². The van der Waals surface area contributed by atoms with E-state index in [1.807, 2.05) is 28.4 Å². The predicted octanol–water partition coefficient (Wildman–Crippen LogP) is 6.47. The molecule has 0 bridgehead atoms. The number of benzene rings is 2. The number of amides is 1. The van der Waals surface area contributed by atoms with Crippen molar-refractivity contribution in [1.82, 2.24) is 4.90 Å². The maximum atomic E-state index is 12.5. The predicted molar refractivity (Wildman–Crippen MR) is 121 cm³/mol. The second-order valence-corrected chi connectivity index (χ2v) is 9.97. The molecule has 152 valence electrons. The number of carbonyl (C=O) groups excluding carboxylic acids is 1. The number of likely N-dealkylation sites (tertiary alicyclic amines) is 1. The van der Waals surface area contributed by atoms with E-state index in [4.69, 9.17) is 4.74 Å². The second-order valence-electron chi connectivity index (χ2n) is 7.53. The summed E-state index contributed by atoms with van der Waals surface area (Å²) in [7, 11) is 1.48. The van der Waals surface area contributed by atoms with Gasteiger partial charge in [0.2, 0.25) is 0 Å². The summed E-state index contributed by atoms with van der Waals surface area (Å²) in [6.07, 6.45) is 6.25. The van der Waals surface area contributed by atoms with Crippen molar-refractivity contribution in [1.29, 1.82) is 0 Å². The molecule has 2 unspecified atom stereocenters. The Morgan fingerprint density at radius 1 is 1.10 bits per heavy atom. The highest BCUT2D eigenvalue weighted by molar-refractivity contribution is 8.00. The molecule has 0 radical (unpaired) electrons. The molecule has 1 fully saturated rings. The number of piperidine rings is 1. The van der Waals surface area contributed by atoms with Gasteiger partial charge in [0.05, 0.1) is 7.11 Å². The van der Waals surface area contributed by atoms with E-state index in [-0.39, 0.29) is 11.5 Å². The van der Waals surface area contributed by atoms with Crippen LogP contribution >= 0.6 is 23.5 Å². The first kappa shape index (κ1) is 20.4. The summed E-state index contributed by atoms with van der Waals surface area (Å²) in [5.74, 6) is 1.04. The molecule has 0 saturated carbocycles. The molecule has 1 aliphatic heterocycles. The van der Waals surface area contributed by atoms with Crippen LogP contribution in [0.1, 0.15) is 25.7 Å². The van der Waals surface area contributed by atoms with Crippen molar-refractivity contribution >= 4 is 29.6 Å². The third-order valence-electron chi connectivity index (χ3n) is 5.94. The van der Waals surface area contributed by atoms with Gasteiger partial charge in [0.25, 0.3) is 0 Å². The van der Waals surface area contributed by atoms with E-state index in [9.17, 15) is 4.79 Å². The van der Waals surface area contributed by atoms with Crippen LogP contribution in [0.4, 0.5) is 4.79 Å². The molecule has 2 aromatic carbocycles. The summed E-state index contributed by atoms with van der Waals surface area (Å²) in [6, 6.07) is 21.3.